The summed E-state index contributed by atoms with van der Waals surface area (Å²) in [6.07, 6.45) is 4.57. The van der Waals surface area contributed by atoms with Crippen LogP contribution in [0.1, 0.15) is 49.2 Å². The zero-order chi connectivity index (χ0) is 23.6. The average molecular weight is 467 g/mol. The summed E-state index contributed by atoms with van der Waals surface area (Å²) in [5, 5.41) is 3.32. The van der Waals surface area contributed by atoms with Crippen LogP contribution in [0.25, 0.3) is 0 Å². The molecule has 33 heavy (non-hydrogen) atoms. The molecule has 3 rings (SSSR count). The lowest BCUT2D eigenvalue weighted by Gasteiger charge is -2.21. The number of halogens is 3. The van der Waals surface area contributed by atoms with Crippen molar-refractivity contribution in [2.24, 2.45) is 0 Å². The predicted molar refractivity (Wildman–Crippen MR) is 116 cm³/mol. The topological polar surface area (TPSA) is 71.2 Å². The Morgan fingerprint density at radius 3 is 2.91 bits per heavy atom. The van der Waals surface area contributed by atoms with Crippen molar-refractivity contribution >= 4 is 11.8 Å². The normalized spacial score (nSPS) is 13.2. The Hall–Kier alpha value is -2.75. The molecule has 180 valence electrons. The Kier molecular flexibility index (Phi) is 9.41. The highest BCUT2D eigenvalue weighted by molar-refractivity contribution is 5.68. The van der Waals surface area contributed by atoms with E-state index < -0.39 is 18.2 Å². The van der Waals surface area contributed by atoms with Gasteiger partial charge in [0.05, 0.1) is 13.0 Å². The van der Waals surface area contributed by atoms with Crippen molar-refractivity contribution in [3.05, 3.63) is 47.4 Å². The van der Waals surface area contributed by atoms with Gasteiger partial charge in [0.2, 0.25) is 5.82 Å². The van der Waals surface area contributed by atoms with Crippen molar-refractivity contribution in [2.75, 3.05) is 31.5 Å². The van der Waals surface area contributed by atoms with E-state index in [0.717, 1.165) is 67.3 Å². The number of fused-ring (bicyclic) bond motifs is 1. The van der Waals surface area contributed by atoms with Crippen LogP contribution in [0.5, 0.6) is 0 Å². The zero-order valence-corrected chi connectivity index (χ0v) is 18.9. The lowest BCUT2D eigenvalue weighted by molar-refractivity contribution is -0.876. The van der Waals surface area contributed by atoms with Crippen LogP contribution in [0, 0.1) is 12.7 Å². The molecular weight excluding hydrogens is 435 g/mol. The Bertz CT molecular complexity index is 929. The first-order valence-electron chi connectivity index (χ1n) is 11.4. The minimum absolute atomic E-state index is 0.0364. The highest BCUT2D eigenvalue weighted by atomic mass is 19.3. The largest absolute Gasteiger partial charge is 0.370 e. The SMILES string of the molecule is Cc1ncc(F)c[n+]1OC(=O)CCCN(CCCCc1ccc2c(n1)NCCC2)CC(F)F. The van der Waals surface area contributed by atoms with Crippen LogP contribution in [0.15, 0.2) is 24.5 Å². The molecule has 2 aromatic heterocycles. The van der Waals surface area contributed by atoms with E-state index >= 15 is 0 Å². The first-order chi connectivity index (χ1) is 15.9. The van der Waals surface area contributed by atoms with Gasteiger partial charge < -0.3 is 5.32 Å². The molecule has 1 aliphatic heterocycles. The second-order valence-corrected chi connectivity index (χ2v) is 8.20. The van der Waals surface area contributed by atoms with Gasteiger partial charge in [-0.25, -0.2) is 18.6 Å². The van der Waals surface area contributed by atoms with E-state index in [0.29, 0.717) is 25.3 Å². The quantitative estimate of drug-likeness (QED) is 0.383. The van der Waals surface area contributed by atoms with Gasteiger partial charge in [-0.2, -0.15) is 4.39 Å². The molecule has 0 saturated heterocycles. The molecule has 0 amide bonds. The molecule has 2 aromatic rings. The van der Waals surface area contributed by atoms with E-state index in [9.17, 15) is 18.0 Å². The number of rotatable bonds is 12. The van der Waals surface area contributed by atoms with Crippen LogP contribution in [-0.2, 0) is 17.6 Å². The summed E-state index contributed by atoms with van der Waals surface area (Å²) >= 11 is 0. The van der Waals surface area contributed by atoms with Crippen molar-refractivity contribution in [2.45, 2.75) is 58.3 Å². The number of anilines is 1. The van der Waals surface area contributed by atoms with E-state index in [4.69, 9.17) is 4.84 Å². The summed E-state index contributed by atoms with van der Waals surface area (Å²) in [7, 11) is 0. The molecule has 0 atom stereocenters. The molecule has 1 N–H and O–H groups in total. The molecule has 0 spiro atoms. The van der Waals surface area contributed by atoms with Crippen LogP contribution in [0.2, 0.25) is 0 Å². The molecule has 7 nitrogen and oxygen atoms in total. The Labute approximate surface area is 191 Å². The monoisotopic (exact) mass is 466 g/mol. The number of unbranched alkanes of at least 4 members (excludes halogenated alkanes) is 1. The van der Waals surface area contributed by atoms with Crippen LogP contribution < -0.4 is 14.9 Å². The number of aromatic nitrogens is 3. The number of nitrogens with one attached hydrogen (secondary N) is 1. The molecule has 1 aliphatic rings. The number of hydrogen-bond donors (Lipinski definition) is 1. The van der Waals surface area contributed by atoms with Gasteiger partial charge >= 0.3 is 11.8 Å². The van der Waals surface area contributed by atoms with Crippen LogP contribution in [0.3, 0.4) is 0 Å². The maximum atomic E-state index is 13.2. The fourth-order valence-electron chi connectivity index (χ4n) is 3.78. The van der Waals surface area contributed by atoms with Crippen molar-refractivity contribution in [1.29, 1.82) is 0 Å². The van der Waals surface area contributed by atoms with Crippen molar-refractivity contribution in [3.8, 4) is 0 Å². The van der Waals surface area contributed by atoms with E-state index in [1.807, 2.05) is 6.07 Å². The lowest BCUT2D eigenvalue weighted by atomic mass is 10.1. The van der Waals surface area contributed by atoms with Crippen molar-refractivity contribution < 1.29 is 27.5 Å². The van der Waals surface area contributed by atoms with Gasteiger partial charge in [-0.15, -0.1) is 0 Å². The molecule has 0 radical (unpaired) electrons. The third-order valence-corrected chi connectivity index (χ3v) is 5.49. The van der Waals surface area contributed by atoms with Crippen molar-refractivity contribution in [3.63, 3.8) is 0 Å². The van der Waals surface area contributed by atoms with Crippen LogP contribution in [0.4, 0.5) is 19.0 Å². The second kappa shape index (κ2) is 12.5. The van der Waals surface area contributed by atoms with E-state index in [-0.39, 0.29) is 13.0 Å². The summed E-state index contributed by atoms with van der Waals surface area (Å²) in [4.78, 5) is 27.2. The fraction of sp³-hybridized carbons (Fsp3) is 0.565. The Morgan fingerprint density at radius 2 is 2.09 bits per heavy atom. The Balaban J connectivity index is 1.39. The predicted octanol–water partition coefficient (Wildman–Crippen LogP) is 2.90. The third-order valence-electron chi connectivity index (χ3n) is 5.49. The van der Waals surface area contributed by atoms with Gasteiger partial charge in [0.15, 0.2) is 12.4 Å². The lowest BCUT2D eigenvalue weighted by Crippen LogP contribution is -2.49. The average Bonchev–Trinajstić information content (AvgIpc) is 2.78. The second-order valence-electron chi connectivity index (χ2n) is 8.20. The summed E-state index contributed by atoms with van der Waals surface area (Å²) < 4.78 is 40.2. The first-order valence-corrected chi connectivity index (χ1v) is 11.4. The summed E-state index contributed by atoms with van der Waals surface area (Å²) in [6, 6.07) is 4.16. The Morgan fingerprint density at radius 1 is 1.27 bits per heavy atom. The van der Waals surface area contributed by atoms with E-state index in [1.165, 1.54) is 5.56 Å². The van der Waals surface area contributed by atoms with Gasteiger partial charge in [0.1, 0.15) is 5.82 Å². The summed E-state index contributed by atoms with van der Waals surface area (Å²) in [6.45, 7) is 3.05. The summed E-state index contributed by atoms with van der Waals surface area (Å²) in [5.74, 6) is 0.0959. The van der Waals surface area contributed by atoms with Gasteiger partial charge in [-0.3, -0.25) is 9.74 Å². The smallest absolute Gasteiger partial charge is 0.358 e. The van der Waals surface area contributed by atoms with Crippen LogP contribution >= 0.6 is 0 Å². The van der Waals surface area contributed by atoms with E-state index in [2.05, 4.69) is 21.4 Å². The van der Waals surface area contributed by atoms with Gasteiger partial charge in [0, 0.05) is 19.2 Å². The maximum Gasteiger partial charge on any atom is 0.358 e. The standard InChI is InChI=1S/C23H31F3N5O2/c1-17-28-14-19(24)15-31(17)33-22(32)8-5-13-30(16-21(25)26)12-3-2-7-20-10-9-18-6-4-11-27-23(18)29-20/h9-10,14-15,21H,2-8,11-13,16H2,1H3,(H,27,29)/q+1. The number of carbonyl (C=O) groups excluding carboxylic acids is 1. The number of aryl methyl sites for hydroxylation is 3. The molecule has 0 aliphatic carbocycles. The first kappa shape index (κ1) is 24.9. The number of carbonyl (C=O) groups is 1. The highest BCUT2D eigenvalue weighted by Crippen LogP contribution is 2.20. The van der Waals surface area contributed by atoms with E-state index in [1.54, 1.807) is 11.8 Å². The number of nitrogens with zero attached hydrogens (tertiary/aromatic N) is 4. The molecule has 0 bridgehead atoms. The molecule has 10 heteroatoms. The number of hydrogen-bond acceptors (Lipinski definition) is 6. The van der Waals surface area contributed by atoms with Crippen molar-refractivity contribution in [1.82, 2.24) is 14.9 Å². The molecular formula is C23H31F3N5O2+. The molecule has 3 heterocycles. The zero-order valence-electron chi connectivity index (χ0n) is 18.9. The minimum atomic E-state index is -2.44. The molecule has 0 unspecified atom stereocenters. The van der Waals surface area contributed by atoms with Gasteiger partial charge in [-0.1, -0.05) is 6.07 Å². The number of pyridine rings is 1. The summed E-state index contributed by atoms with van der Waals surface area (Å²) in [5.41, 5.74) is 2.25. The highest BCUT2D eigenvalue weighted by Gasteiger charge is 2.17. The van der Waals surface area contributed by atoms with Gasteiger partial charge in [0.25, 0.3) is 6.43 Å². The fourth-order valence-corrected chi connectivity index (χ4v) is 3.78. The molecule has 0 saturated carbocycles. The van der Waals surface area contributed by atoms with Gasteiger partial charge in [-0.05, 0) is 73.0 Å². The number of alkyl halides is 2. The molecule has 0 aromatic carbocycles. The molecule has 0 fully saturated rings. The maximum absolute atomic E-state index is 13.2. The van der Waals surface area contributed by atoms with Crippen LogP contribution in [-0.4, -0.2) is 53.4 Å². The minimum Gasteiger partial charge on any atom is -0.370 e. The third kappa shape index (κ3) is 8.27.